The first kappa shape index (κ1) is 22.5. The quantitative estimate of drug-likeness (QED) is 0.390. The Bertz CT molecular complexity index is 578. The fourth-order valence-corrected chi connectivity index (χ4v) is 3.53. The number of halogens is 4. The van der Waals surface area contributed by atoms with Crippen molar-refractivity contribution in [1.29, 1.82) is 0 Å². The van der Waals surface area contributed by atoms with Crippen LogP contribution in [0, 0.1) is 11.7 Å². The van der Waals surface area contributed by atoms with Gasteiger partial charge in [-0.1, -0.05) is 11.6 Å². The number of ether oxygens (including phenoxy) is 1. The highest BCUT2D eigenvalue weighted by molar-refractivity contribution is 7.98. The second-order valence-corrected chi connectivity index (χ2v) is 8.09. The van der Waals surface area contributed by atoms with E-state index in [4.69, 9.17) is 23.2 Å². The molecule has 2 atom stereocenters. The third-order valence-electron chi connectivity index (χ3n) is 3.77. The molecule has 0 aromatic heterocycles. The zero-order chi connectivity index (χ0) is 19.2. The smallest absolute Gasteiger partial charge is 0.405 e. The van der Waals surface area contributed by atoms with Crippen LogP contribution in [0.25, 0.3) is 0 Å². The van der Waals surface area contributed by atoms with E-state index in [0.717, 1.165) is 23.5 Å². The lowest BCUT2D eigenvalue weighted by Crippen LogP contribution is -2.49. The molecule has 25 heavy (non-hydrogen) atoms. The van der Waals surface area contributed by atoms with Gasteiger partial charge < -0.3 is 10.1 Å². The third-order valence-corrected chi connectivity index (χ3v) is 4.65. The van der Waals surface area contributed by atoms with Gasteiger partial charge in [0.25, 0.3) is 0 Å². The number of rotatable bonds is 5. The first-order valence-corrected chi connectivity index (χ1v) is 9.82. The predicted molar refractivity (Wildman–Crippen MR) is 100 cm³/mol. The van der Waals surface area contributed by atoms with E-state index in [1.54, 1.807) is 13.8 Å². The maximum atomic E-state index is 14.4. The third kappa shape index (κ3) is 7.69. The van der Waals surface area contributed by atoms with Gasteiger partial charge in [-0.2, -0.15) is 0 Å². The van der Waals surface area contributed by atoms with E-state index in [-0.39, 0.29) is 17.7 Å². The van der Waals surface area contributed by atoms with Gasteiger partial charge in [-0.05, 0) is 69.8 Å². The number of thioether (sulfide) groups is 1. The molecule has 1 aromatic carbocycles. The summed E-state index contributed by atoms with van der Waals surface area (Å²) in [7, 11) is 0. The molecule has 8 heteroatoms. The van der Waals surface area contributed by atoms with Crippen LogP contribution in [0.15, 0.2) is 23.1 Å². The van der Waals surface area contributed by atoms with Gasteiger partial charge >= 0.3 is 5.43 Å². The minimum Gasteiger partial charge on any atom is -0.434 e. The molecule has 0 spiro atoms. The molecule has 1 aromatic rings. The number of nitrogens with one attached hydrogen (secondary N) is 1. The molecule has 3 nitrogen and oxygen atoms in total. The minimum atomic E-state index is -1.34. The Morgan fingerprint density at radius 2 is 2.00 bits per heavy atom. The lowest BCUT2D eigenvalue weighted by atomic mass is 9.74. The van der Waals surface area contributed by atoms with Crippen molar-refractivity contribution in [3.63, 3.8) is 0 Å². The van der Waals surface area contributed by atoms with E-state index in [1.165, 1.54) is 30.8 Å². The van der Waals surface area contributed by atoms with Crippen molar-refractivity contribution in [2.24, 2.45) is 5.92 Å². The van der Waals surface area contributed by atoms with Gasteiger partial charge in [-0.25, -0.2) is 13.6 Å². The molecule has 1 unspecified atom stereocenters. The molecule has 1 fully saturated rings. The van der Waals surface area contributed by atoms with Gasteiger partial charge in [-0.15, -0.1) is 11.8 Å². The molecule has 0 aliphatic carbocycles. The Labute approximate surface area is 161 Å². The zero-order valence-corrected chi connectivity index (χ0v) is 16.9. The number of hydrogen-bond donors (Lipinski definition) is 1. The first-order valence-electron chi connectivity index (χ1n) is 7.79. The van der Waals surface area contributed by atoms with Crippen LogP contribution in [0.1, 0.15) is 32.3 Å². The summed E-state index contributed by atoms with van der Waals surface area (Å²) in [4.78, 5) is 10.6. The summed E-state index contributed by atoms with van der Waals surface area (Å²) in [5.41, 5.74) is -2.07. The van der Waals surface area contributed by atoms with Crippen molar-refractivity contribution in [3.8, 4) is 0 Å². The van der Waals surface area contributed by atoms with Crippen LogP contribution < -0.4 is 5.32 Å². The van der Waals surface area contributed by atoms with Gasteiger partial charge in [0, 0.05) is 22.4 Å². The van der Waals surface area contributed by atoms with E-state index in [2.05, 4.69) is 10.1 Å². The SMILES string of the molecule is CC(Cl)OC(=O)Cl.CSc1cc(F)cc([C@H](C2CNC2)C(C)(C)F)c1. The lowest BCUT2D eigenvalue weighted by molar-refractivity contribution is 0.107. The summed E-state index contributed by atoms with van der Waals surface area (Å²) in [6.07, 6.45) is 1.90. The van der Waals surface area contributed by atoms with E-state index in [0.29, 0.717) is 0 Å². The van der Waals surface area contributed by atoms with Crippen molar-refractivity contribution >= 4 is 40.4 Å². The van der Waals surface area contributed by atoms with Gasteiger partial charge in [0.05, 0.1) is 0 Å². The molecule has 2 rings (SSSR count). The summed E-state index contributed by atoms with van der Waals surface area (Å²) in [6.45, 7) is 6.29. The van der Waals surface area contributed by atoms with Crippen LogP contribution in [-0.2, 0) is 4.74 Å². The predicted octanol–water partition coefficient (Wildman–Crippen LogP) is 5.55. The standard InChI is InChI=1S/C14H19F2NS.C3H4Cl2O2/c1-14(2,16)13(10-7-17-8-10)9-4-11(15)6-12(5-9)18-3;1-2(4)7-3(5)6/h4-6,10,13,17H,7-8H2,1-3H3;2H,1H3/t13-;/m1./s1. The van der Waals surface area contributed by atoms with Gasteiger partial charge in [0.15, 0.2) is 5.56 Å². The number of carbonyl (C=O) groups is 1. The molecular formula is C17H23Cl2F2NO2S. The van der Waals surface area contributed by atoms with Crippen LogP contribution in [0.4, 0.5) is 13.6 Å². The Balaban J connectivity index is 0.000000381. The maximum Gasteiger partial charge on any atom is 0.405 e. The average molecular weight is 414 g/mol. The first-order chi connectivity index (χ1) is 11.5. The van der Waals surface area contributed by atoms with Crippen molar-refractivity contribution in [3.05, 3.63) is 29.6 Å². The van der Waals surface area contributed by atoms with Crippen molar-refractivity contribution < 1.29 is 18.3 Å². The molecule has 1 aliphatic rings. The zero-order valence-electron chi connectivity index (χ0n) is 14.6. The highest BCUT2D eigenvalue weighted by Gasteiger charge is 2.40. The number of carbonyl (C=O) groups excluding carboxylic acids is 1. The number of benzene rings is 1. The van der Waals surface area contributed by atoms with Crippen LogP contribution in [0.5, 0.6) is 0 Å². The molecule has 1 aliphatic heterocycles. The fourth-order valence-electron chi connectivity index (χ4n) is 2.79. The molecule has 142 valence electrons. The van der Waals surface area contributed by atoms with Crippen molar-refractivity contribution in [1.82, 2.24) is 5.32 Å². The summed E-state index contributed by atoms with van der Waals surface area (Å²) >= 11 is 11.4. The molecule has 0 bridgehead atoms. The second kappa shape index (κ2) is 9.95. The summed E-state index contributed by atoms with van der Waals surface area (Å²) in [5.74, 6) is -0.278. The Morgan fingerprint density at radius 1 is 1.40 bits per heavy atom. The van der Waals surface area contributed by atoms with Gasteiger partial charge in [-0.3, -0.25) is 0 Å². The largest absolute Gasteiger partial charge is 0.434 e. The lowest BCUT2D eigenvalue weighted by Gasteiger charge is -2.40. The second-order valence-electron chi connectivity index (χ2n) is 6.28. The molecule has 1 heterocycles. The van der Waals surface area contributed by atoms with Crippen LogP contribution in [0.2, 0.25) is 0 Å². The summed E-state index contributed by atoms with van der Waals surface area (Å²) in [5, 5.41) is 3.16. The molecule has 0 amide bonds. The summed E-state index contributed by atoms with van der Waals surface area (Å²) < 4.78 is 32.2. The molecule has 0 saturated carbocycles. The number of hydrogen-bond acceptors (Lipinski definition) is 4. The molecule has 0 radical (unpaired) electrons. The Kier molecular flexibility index (Phi) is 8.95. The van der Waals surface area contributed by atoms with Gasteiger partial charge in [0.2, 0.25) is 0 Å². The van der Waals surface area contributed by atoms with Crippen molar-refractivity contribution in [2.75, 3.05) is 19.3 Å². The van der Waals surface area contributed by atoms with E-state index >= 15 is 0 Å². The van der Waals surface area contributed by atoms with E-state index in [9.17, 15) is 13.6 Å². The van der Waals surface area contributed by atoms with E-state index < -0.39 is 16.7 Å². The fraction of sp³-hybridized carbons (Fsp3) is 0.588. The molecule has 1 saturated heterocycles. The summed E-state index contributed by atoms with van der Waals surface area (Å²) in [6, 6.07) is 4.89. The molecule has 1 N–H and O–H groups in total. The highest BCUT2D eigenvalue weighted by Crippen LogP contribution is 2.40. The van der Waals surface area contributed by atoms with Crippen molar-refractivity contribution in [2.45, 2.75) is 42.8 Å². The average Bonchev–Trinajstić information content (AvgIpc) is 2.39. The molecular weight excluding hydrogens is 391 g/mol. The highest BCUT2D eigenvalue weighted by atomic mass is 35.5. The van der Waals surface area contributed by atoms with Gasteiger partial charge in [0.1, 0.15) is 11.5 Å². The number of alkyl halides is 2. The van der Waals surface area contributed by atoms with Crippen LogP contribution in [-0.4, -0.2) is 36.0 Å². The monoisotopic (exact) mass is 413 g/mol. The normalized spacial score (nSPS) is 17.0. The Morgan fingerprint density at radius 3 is 2.32 bits per heavy atom. The van der Waals surface area contributed by atoms with E-state index in [1.807, 2.05) is 12.3 Å². The topological polar surface area (TPSA) is 38.3 Å². The Hall–Kier alpha value is -0.560. The van der Waals surface area contributed by atoms with Crippen LogP contribution >= 0.6 is 35.0 Å². The maximum absolute atomic E-state index is 14.4. The minimum absolute atomic E-state index is 0.250. The van der Waals surface area contributed by atoms with Crippen LogP contribution in [0.3, 0.4) is 0 Å².